The molecule has 2 aromatic rings. The second-order valence-electron chi connectivity index (χ2n) is 3.34. The quantitative estimate of drug-likeness (QED) is 0.819. The zero-order chi connectivity index (χ0) is 11.0. The molecule has 0 aliphatic heterocycles. The van der Waals surface area contributed by atoms with Gasteiger partial charge in [0, 0.05) is 28.8 Å². The first-order chi connectivity index (χ1) is 7.11. The Hall–Kier alpha value is -0.990. The number of aryl methyl sites for hydroxylation is 1. The van der Waals surface area contributed by atoms with E-state index in [1.165, 1.54) is 0 Å². The average Bonchev–Trinajstić information content (AvgIpc) is 2.18. The van der Waals surface area contributed by atoms with Crippen LogP contribution in [-0.2, 0) is 0 Å². The van der Waals surface area contributed by atoms with Crippen LogP contribution in [0.1, 0.15) is 5.69 Å². The van der Waals surface area contributed by atoms with Gasteiger partial charge in [-0.3, -0.25) is 4.98 Å². The summed E-state index contributed by atoms with van der Waals surface area (Å²) in [4.78, 5) is 4.39. The Labute approximate surface area is 98.2 Å². The third-order valence-electron chi connectivity index (χ3n) is 2.23. The van der Waals surface area contributed by atoms with Crippen molar-refractivity contribution in [2.24, 2.45) is 0 Å². The number of pyridine rings is 1. The second-order valence-corrected chi connectivity index (χ2v) is 4.19. The smallest absolute Gasteiger partial charge is 0.0913 e. The van der Waals surface area contributed by atoms with Crippen LogP contribution in [0.5, 0.6) is 0 Å². The van der Waals surface area contributed by atoms with E-state index in [0.29, 0.717) is 10.0 Å². The third kappa shape index (κ3) is 1.87. The molecule has 1 aromatic carbocycles. The van der Waals surface area contributed by atoms with E-state index in [1.807, 2.05) is 26.1 Å². The first-order valence-electron chi connectivity index (χ1n) is 4.56. The molecule has 1 aromatic heterocycles. The van der Waals surface area contributed by atoms with Gasteiger partial charge in [0.15, 0.2) is 0 Å². The van der Waals surface area contributed by atoms with Gasteiger partial charge in [0.05, 0.1) is 10.5 Å². The maximum Gasteiger partial charge on any atom is 0.0913 e. The van der Waals surface area contributed by atoms with Gasteiger partial charge in [0.1, 0.15) is 0 Å². The summed E-state index contributed by atoms with van der Waals surface area (Å²) in [7, 11) is 1.86. The lowest BCUT2D eigenvalue weighted by molar-refractivity contribution is 1.25. The van der Waals surface area contributed by atoms with Crippen LogP contribution in [0.4, 0.5) is 5.69 Å². The lowest BCUT2D eigenvalue weighted by atomic mass is 10.1. The van der Waals surface area contributed by atoms with Crippen molar-refractivity contribution in [2.45, 2.75) is 6.92 Å². The van der Waals surface area contributed by atoms with Crippen LogP contribution in [-0.4, -0.2) is 12.0 Å². The second kappa shape index (κ2) is 3.87. The minimum absolute atomic E-state index is 0.581. The van der Waals surface area contributed by atoms with Crippen molar-refractivity contribution in [3.05, 3.63) is 33.9 Å². The van der Waals surface area contributed by atoms with E-state index in [0.717, 1.165) is 22.3 Å². The molecule has 4 heteroatoms. The zero-order valence-corrected chi connectivity index (χ0v) is 9.95. The number of benzene rings is 1. The molecule has 78 valence electrons. The summed E-state index contributed by atoms with van der Waals surface area (Å²) in [5, 5.41) is 5.25. The summed E-state index contributed by atoms with van der Waals surface area (Å²) >= 11 is 12.0. The summed E-state index contributed by atoms with van der Waals surface area (Å²) in [6, 6.07) is 5.54. The van der Waals surface area contributed by atoms with Crippen LogP contribution >= 0.6 is 23.2 Å². The highest BCUT2D eigenvalue weighted by Crippen LogP contribution is 2.31. The highest BCUT2D eigenvalue weighted by molar-refractivity contribution is 6.38. The van der Waals surface area contributed by atoms with E-state index in [1.54, 1.807) is 6.07 Å². The van der Waals surface area contributed by atoms with Crippen LogP contribution in [0, 0.1) is 6.92 Å². The SMILES string of the molecule is CNc1cc(C)nc2c(Cl)cc(Cl)cc12. The maximum absolute atomic E-state index is 6.09. The molecule has 15 heavy (non-hydrogen) atoms. The Morgan fingerprint density at radius 3 is 2.60 bits per heavy atom. The van der Waals surface area contributed by atoms with Gasteiger partial charge in [0.25, 0.3) is 0 Å². The highest BCUT2D eigenvalue weighted by atomic mass is 35.5. The van der Waals surface area contributed by atoms with E-state index < -0.39 is 0 Å². The van der Waals surface area contributed by atoms with E-state index >= 15 is 0 Å². The molecule has 0 fully saturated rings. The number of nitrogens with zero attached hydrogens (tertiary/aromatic N) is 1. The van der Waals surface area contributed by atoms with Gasteiger partial charge in [-0.25, -0.2) is 0 Å². The van der Waals surface area contributed by atoms with Crippen LogP contribution in [0.3, 0.4) is 0 Å². The van der Waals surface area contributed by atoms with E-state index in [4.69, 9.17) is 23.2 Å². The van der Waals surface area contributed by atoms with Crippen molar-refractivity contribution in [1.82, 2.24) is 4.98 Å². The standard InChI is InChI=1S/C11H10Cl2N2/c1-6-3-10(14-2)8-4-7(12)5-9(13)11(8)15-6/h3-5H,1-2H3,(H,14,15). The molecule has 0 aliphatic carbocycles. The predicted molar refractivity (Wildman–Crippen MR) is 66.0 cm³/mol. The van der Waals surface area contributed by atoms with Gasteiger partial charge in [-0.05, 0) is 25.1 Å². The lowest BCUT2D eigenvalue weighted by Gasteiger charge is -2.08. The van der Waals surface area contributed by atoms with Crippen molar-refractivity contribution < 1.29 is 0 Å². The molecule has 0 amide bonds. The fourth-order valence-corrected chi connectivity index (χ4v) is 2.12. The predicted octanol–water partition coefficient (Wildman–Crippen LogP) is 3.89. The molecular formula is C11H10Cl2N2. The first kappa shape index (κ1) is 10.5. The van der Waals surface area contributed by atoms with Crippen LogP contribution in [0.25, 0.3) is 10.9 Å². The molecule has 1 heterocycles. The Kier molecular flexibility index (Phi) is 2.72. The van der Waals surface area contributed by atoms with Crippen molar-refractivity contribution in [2.75, 3.05) is 12.4 Å². The number of hydrogen-bond acceptors (Lipinski definition) is 2. The molecule has 0 spiro atoms. The number of nitrogens with one attached hydrogen (secondary N) is 1. The van der Waals surface area contributed by atoms with Crippen molar-refractivity contribution in [3.8, 4) is 0 Å². The van der Waals surface area contributed by atoms with Gasteiger partial charge in [-0.1, -0.05) is 23.2 Å². The number of rotatable bonds is 1. The molecular weight excluding hydrogens is 231 g/mol. The highest BCUT2D eigenvalue weighted by Gasteiger charge is 2.07. The van der Waals surface area contributed by atoms with Crippen molar-refractivity contribution in [1.29, 1.82) is 0 Å². The maximum atomic E-state index is 6.09. The summed E-state index contributed by atoms with van der Waals surface area (Å²) < 4.78 is 0. The summed E-state index contributed by atoms with van der Waals surface area (Å²) in [6.07, 6.45) is 0. The Morgan fingerprint density at radius 1 is 1.20 bits per heavy atom. The van der Waals surface area contributed by atoms with E-state index in [2.05, 4.69) is 10.3 Å². The topological polar surface area (TPSA) is 24.9 Å². The summed E-state index contributed by atoms with van der Waals surface area (Å²) in [5.74, 6) is 0. The first-order valence-corrected chi connectivity index (χ1v) is 5.31. The van der Waals surface area contributed by atoms with Crippen molar-refractivity contribution >= 4 is 39.8 Å². The fourth-order valence-electron chi connectivity index (χ4n) is 1.59. The van der Waals surface area contributed by atoms with Gasteiger partial charge in [-0.15, -0.1) is 0 Å². The number of anilines is 1. The molecule has 1 N–H and O–H groups in total. The fraction of sp³-hybridized carbons (Fsp3) is 0.182. The van der Waals surface area contributed by atoms with Crippen LogP contribution < -0.4 is 5.32 Å². The molecule has 2 rings (SSSR count). The monoisotopic (exact) mass is 240 g/mol. The van der Waals surface area contributed by atoms with E-state index in [9.17, 15) is 0 Å². The van der Waals surface area contributed by atoms with E-state index in [-0.39, 0.29) is 0 Å². The van der Waals surface area contributed by atoms with Gasteiger partial charge in [0.2, 0.25) is 0 Å². The summed E-state index contributed by atoms with van der Waals surface area (Å²) in [6.45, 7) is 1.94. The number of aromatic nitrogens is 1. The molecule has 0 unspecified atom stereocenters. The Balaban J connectivity index is 2.89. The zero-order valence-electron chi connectivity index (χ0n) is 8.44. The van der Waals surface area contributed by atoms with Crippen LogP contribution in [0.15, 0.2) is 18.2 Å². The van der Waals surface area contributed by atoms with Gasteiger partial charge < -0.3 is 5.32 Å². The average molecular weight is 241 g/mol. The molecule has 0 bridgehead atoms. The van der Waals surface area contributed by atoms with Crippen molar-refractivity contribution in [3.63, 3.8) is 0 Å². The number of halogens is 2. The van der Waals surface area contributed by atoms with Gasteiger partial charge in [-0.2, -0.15) is 0 Å². The molecule has 0 saturated heterocycles. The molecule has 0 radical (unpaired) electrons. The number of fused-ring (bicyclic) bond motifs is 1. The number of hydrogen-bond donors (Lipinski definition) is 1. The largest absolute Gasteiger partial charge is 0.388 e. The molecule has 0 aliphatic rings. The van der Waals surface area contributed by atoms with Gasteiger partial charge >= 0.3 is 0 Å². The minimum Gasteiger partial charge on any atom is -0.388 e. The third-order valence-corrected chi connectivity index (χ3v) is 2.74. The molecule has 2 nitrogen and oxygen atoms in total. The lowest BCUT2D eigenvalue weighted by Crippen LogP contribution is -1.94. The normalized spacial score (nSPS) is 10.7. The minimum atomic E-state index is 0.581. The molecule has 0 saturated carbocycles. The molecule has 0 atom stereocenters. The van der Waals surface area contributed by atoms with Crippen LogP contribution in [0.2, 0.25) is 10.0 Å². The Morgan fingerprint density at radius 2 is 1.93 bits per heavy atom. The Bertz CT molecular complexity index is 523. The summed E-state index contributed by atoms with van der Waals surface area (Å²) in [5.41, 5.74) is 2.70.